The lowest BCUT2D eigenvalue weighted by Crippen LogP contribution is -2.30. The van der Waals surface area contributed by atoms with E-state index in [0.29, 0.717) is 24.3 Å². The van der Waals surface area contributed by atoms with Gasteiger partial charge in [0.25, 0.3) is 17.6 Å². The molecule has 2 aromatic rings. The Hall–Kier alpha value is -2.81. The van der Waals surface area contributed by atoms with E-state index in [1.165, 1.54) is 0 Å². The minimum atomic E-state index is -0.558. The normalized spacial score (nSPS) is 10.1. The van der Waals surface area contributed by atoms with Gasteiger partial charge in [-0.05, 0) is 17.3 Å². The van der Waals surface area contributed by atoms with E-state index in [-0.39, 0.29) is 11.7 Å². The molecule has 1 aromatic carbocycles. The third-order valence-corrected chi connectivity index (χ3v) is 2.40. The number of amides is 2. The summed E-state index contributed by atoms with van der Waals surface area (Å²) in [5.74, 6) is -0.987. The SMILES string of the molecule is NCCNC(=O)c1ccccc1NC(=O)c1nn[nH]n1. The predicted molar refractivity (Wildman–Crippen MR) is 70.0 cm³/mol. The van der Waals surface area contributed by atoms with E-state index in [0.717, 1.165) is 0 Å². The highest BCUT2D eigenvalue weighted by Crippen LogP contribution is 2.15. The second-order valence-electron chi connectivity index (χ2n) is 3.78. The molecule has 0 spiro atoms. The van der Waals surface area contributed by atoms with Crippen molar-refractivity contribution < 1.29 is 9.59 Å². The Kier molecular flexibility index (Phi) is 4.35. The zero-order valence-corrected chi connectivity index (χ0v) is 10.5. The molecule has 0 unspecified atom stereocenters. The zero-order chi connectivity index (χ0) is 14.4. The number of aromatic nitrogens is 4. The topological polar surface area (TPSA) is 139 Å². The first-order chi connectivity index (χ1) is 9.72. The first-order valence-electron chi connectivity index (χ1n) is 5.84. The maximum Gasteiger partial charge on any atom is 0.297 e. The number of nitrogens with zero attached hydrogens (tertiary/aromatic N) is 3. The van der Waals surface area contributed by atoms with Crippen LogP contribution in [0.5, 0.6) is 0 Å². The highest BCUT2D eigenvalue weighted by molar-refractivity contribution is 6.07. The van der Waals surface area contributed by atoms with Gasteiger partial charge in [-0.25, -0.2) is 0 Å². The Bertz CT molecular complexity index is 597. The van der Waals surface area contributed by atoms with Gasteiger partial charge in [-0.1, -0.05) is 12.1 Å². The Morgan fingerprint density at radius 3 is 2.75 bits per heavy atom. The first-order valence-corrected chi connectivity index (χ1v) is 5.84. The number of hydrogen-bond donors (Lipinski definition) is 4. The molecule has 0 aliphatic heterocycles. The van der Waals surface area contributed by atoms with Crippen molar-refractivity contribution in [3.8, 4) is 0 Å². The molecule has 20 heavy (non-hydrogen) atoms. The fourth-order valence-electron chi connectivity index (χ4n) is 1.51. The average Bonchev–Trinajstić information content (AvgIpc) is 2.99. The maximum absolute atomic E-state index is 11.9. The number of aromatic amines is 1. The van der Waals surface area contributed by atoms with E-state index < -0.39 is 5.91 Å². The Labute approximate surface area is 113 Å². The molecule has 0 bridgehead atoms. The van der Waals surface area contributed by atoms with Crippen molar-refractivity contribution in [1.82, 2.24) is 25.9 Å². The molecule has 0 saturated carbocycles. The van der Waals surface area contributed by atoms with Crippen molar-refractivity contribution in [2.24, 2.45) is 5.73 Å². The number of hydrogen-bond acceptors (Lipinski definition) is 6. The lowest BCUT2D eigenvalue weighted by molar-refractivity contribution is 0.0955. The van der Waals surface area contributed by atoms with Crippen molar-refractivity contribution in [2.45, 2.75) is 0 Å². The first kappa shape index (κ1) is 13.6. The molecule has 2 amide bonds. The lowest BCUT2D eigenvalue weighted by atomic mass is 10.1. The van der Waals surface area contributed by atoms with E-state index in [2.05, 4.69) is 31.3 Å². The van der Waals surface area contributed by atoms with Crippen LogP contribution in [0.4, 0.5) is 5.69 Å². The summed E-state index contributed by atoms with van der Waals surface area (Å²) < 4.78 is 0. The lowest BCUT2D eigenvalue weighted by Gasteiger charge is -2.09. The van der Waals surface area contributed by atoms with E-state index in [1.54, 1.807) is 24.3 Å². The molecule has 9 heteroatoms. The van der Waals surface area contributed by atoms with E-state index in [9.17, 15) is 9.59 Å². The molecule has 2 rings (SSSR count). The highest BCUT2D eigenvalue weighted by atomic mass is 16.2. The summed E-state index contributed by atoms with van der Waals surface area (Å²) in [6.45, 7) is 0.690. The number of nitrogens with two attached hydrogens (primary N) is 1. The number of anilines is 1. The van der Waals surface area contributed by atoms with Gasteiger partial charge in [-0.3, -0.25) is 9.59 Å². The van der Waals surface area contributed by atoms with Gasteiger partial charge in [0.15, 0.2) is 0 Å². The van der Waals surface area contributed by atoms with Crippen molar-refractivity contribution in [3.63, 3.8) is 0 Å². The van der Waals surface area contributed by atoms with Crippen LogP contribution in [0.15, 0.2) is 24.3 Å². The molecule has 1 heterocycles. The number of rotatable bonds is 5. The van der Waals surface area contributed by atoms with Gasteiger partial charge in [0, 0.05) is 13.1 Å². The molecular formula is C11H13N7O2. The second kappa shape index (κ2) is 6.38. The Morgan fingerprint density at radius 2 is 2.05 bits per heavy atom. The Morgan fingerprint density at radius 1 is 1.25 bits per heavy atom. The maximum atomic E-state index is 11.9. The van der Waals surface area contributed by atoms with Crippen molar-refractivity contribution in [3.05, 3.63) is 35.7 Å². The van der Waals surface area contributed by atoms with Crippen LogP contribution in [0, 0.1) is 0 Å². The van der Waals surface area contributed by atoms with Crippen LogP contribution in [0.1, 0.15) is 21.0 Å². The van der Waals surface area contributed by atoms with Crippen LogP contribution in [0.3, 0.4) is 0 Å². The van der Waals surface area contributed by atoms with E-state index >= 15 is 0 Å². The fourth-order valence-corrected chi connectivity index (χ4v) is 1.51. The van der Waals surface area contributed by atoms with Gasteiger partial charge in [0.2, 0.25) is 0 Å². The number of carbonyl (C=O) groups excluding carboxylic acids is 2. The average molecular weight is 275 g/mol. The number of para-hydroxylation sites is 1. The van der Waals surface area contributed by atoms with Crippen molar-refractivity contribution in [1.29, 1.82) is 0 Å². The summed E-state index contributed by atoms with van der Waals surface area (Å²) in [6.07, 6.45) is 0. The monoisotopic (exact) mass is 275 g/mol. The molecule has 0 aliphatic rings. The fraction of sp³-hybridized carbons (Fsp3) is 0.182. The summed E-state index contributed by atoms with van der Waals surface area (Å²) in [4.78, 5) is 23.7. The minimum absolute atomic E-state index is 0.109. The minimum Gasteiger partial charge on any atom is -0.351 e. The molecule has 0 atom stereocenters. The second-order valence-corrected chi connectivity index (χ2v) is 3.78. The van der Waals surface area contributed by atoms with Crippen molar-refractivity contribution >= 4 is 17.5 Å². The predicted octanol–water partition coefficient (Wildman–Crippen LogP) is -0.859. The van der Waals surface area contributed by atoms with Gasteiger partial charge in [0.05, 0.1) is 11.3 Å². The quantitative estimate of drug-likeness (QED) is 0.560. The molecular weight excluding hydrogens is 262 g/mol. The van der Waals surface area contributed by atoms with Crippen LogP contribution in [0.2, 0.25) is 0 Å². The van der Waals surface area contributed by atoms with Crippen LogP contribution >= 0.6 is 0 Å². The molecule has 5 N–H and O–H groups in total. The van der Waals surface area contributed by atoms with Crippen molar-refractivity contribution in [2.75, 3.05) is 18.4 Å². The summed E-state index contributed by atoms with van der Waals surface area (Å²) in [7, 11) is 0. The third-order valence-electron chi connectivity index (χ3n) is 2.40. The molecule has 0 radical (unpaired) electrons. The Balaban J connectivity index is 2.15. The number of H-pyrrole nitrogens is 1. The number of nitrogens with one attached hydrogen (secondary N) is 3. The molecule has 0 saturated heterocycles. The molecule has 104 valence electrons. The van der Waals surface area contributed by atoms with Crippen LogP contribution in [0.25, 0.3) is 0 Å². The van der Waals surface area contributed by atoms with Crippen LogP contribution in [-0.4, -0.2) is 45.5 Å². The van der Waals surface area contributed by atoms with E-state index in [4.69, 9.17) is 5.73 Å². The molecule has 1 aromatic heterocycles. The number of benzene rings is 1. The van der Waals surface area contributed by atoms with Gasteiger partial charge >= 0.3 is 0 Å². The van der Waals surface area contributed by atoms with Gasteiger partial charge < -0.3 is 16.4 Å². The summed E-state index contributed by atoms with van der Waals surface area (Å²) in [5, 5.41) is 17.8. The number of tetrazole rings is 1. The largest absolute Gasteiger partial charge is 0.351 e. The van der Waals surface area contributed by atoms with Gasteiger partial charge in [-0.2, -0.15) is 5.21 Å². The molecule has 9 nitrogen and oxygen atoms in total. The summed E-state index contributed by atoms with van der Waals surface area (Å²) >= 11 is 0. The standard InChI is InChI=1S/C11H13N7O2/c12-5-6-13-10(19)7-3-1-2-4-8(7)14-11(20)9-15-17-18-16-9/h1-4H,5-6,12H2,(H,13,19)(H,14,20)(H,15,16,17,18). The summed E-state index contributed by atoms with van der Waals surface area (Å²) in [5.41, 5.74) is 6.02. The highest BCUT2D eigenvalue weighted by Gasteiger charge is 2.15. The number of carbonyl (C=O) groups is 2. The van der Waals surface area contributed by atoms with Gasteiger partial charge in [-0.15, -0.1) is 10.2 Å². The van der Waals surface area contributed by atoms with Crippen LogP contribution in [-0.2, 0) is 0 Å². The van der Waals surface area contributed by atoms with Crippen LogP contribution < -0.4 is 16.4 Å². The van der Waals surface area contributed by atoms with Gasteiger partial charge in [0.1, 0.15) is 0 Å². The summed E-state index contributed by atoms with van der Waals surface area (Å²) in [6, 6.07) is 6.60. The molecule has 0 fully saturated rings. The smallest absolute Gasteiger partial charge is 0.297 e. The van der Waals surface area contributed by atoms with E-state index in [1.807, 2.05) is 0 Å². The zero-order valence-electron chi connectivity index (χ0n) is 10.5. The third kappa shape index (κ3) is 3.14. The molecule has 0 aliphatic carbocycles.